The summed E-state index contributed by atoms with van der Waals surface area (Å²) in [5, 5.41) is 0.431. The average molecular weight is 597 g/mol. The predicted molar refractivity (Wildman–Crippen MR) is 144 cm³/mol. The van der Waals surface area contributed by atoms with E-state index >= 15 is 0 Å². The number of carbonyl (C=O) groups is 1. The van der Waals surface area contributed by atoms with E-state index in [4.69, 9.17) is 9.15 Å². The molecular weight excluding hydrogens is 574 g/mol. The summed E-state index contributed by atoms with van der Waals surface area (Å²) in [5.74, 6) is 0.443. The van der Waals surface area contributed by atoms with Crippen LogP contribution in [0.2, 0.25) is 0 Å². The third kappa shape index (κ3) is 4.55. The third-order valence-corrected chi connectivity index (χ3v) is 7.15. The number of amides is 1. The molecule has 1 aromatic heterocycles. The van der Waals surface area contributed by atoms with Gasteiger partial charge in [0.1, 0.15) is 11.3 Å². The van der Waals surface area contributed by atoms with Gasteiger partial charge in [-0.15, -0.1) is 0 Å². The van der Waals surface area contributed by atoms with Gasteiger partial charge in [0.05, 0.1) is 23.6 Å². The van der Waals surface area contributed by atoms with E-state index in [1.807, 2.05) is 48.5 Å². The van der Waals surface area contributed by atoms with Gasteiger partial charge in [-0.05, 0) is 66.6 Å². The maximum atomic E-state index is 13.8. The Kier molecular flexibility index (Phi) is 6.80. The Morgan fingerprint density at radius 1 is 0.943 bits per heavy atom. The average Bonchev–Trinajstić information content (AvgIpc) is 3.15. The van der Waals surface area contributed by atoms with Crippen molar-refractivity contribution in [2.45, 2.75) is 32.2 Å². The lowest BCUT2D eigenvalue weighted by atomic mass is 9.98. The molecule has 1 aliphatic heterocycles. The van der Waals surface area contributed by atoms with Crippen LogP contribution in [0.1, 0.15) is 53.9 Å². The fourth-order valence-corrected chi connectivity index (χ4v) is 5.07. The van der Waals surface area contributed by atoms with Crippen LogP contribution in [0.25, 0.3) is 11.0 Å². The molecule has 5 nitrogen and oxygen atoms in total. The van der Waals surface area contributed by atoms with Crippen LogP contribution < -0.4 is 15.1 Å². The molecule has 1 aliphatic rings. The minimum atomic E-state index is -0.641. The summed E-state index contributed by atoms with van der Waals surface area (Å²) in [6.07, 6.45) is 3.19. The summed E-state index contributed by atoms with van der Waals surface area (Å²) in [5.41, 5.74) is 1.97. The molecule has 1 unspecified atom stereocenters. The van der Waals surface area contributed by atoms with Gasteiger partial charge in [-0.3, -0.25) is 14.5 Å². The fraction of sp³-hybridized carbons (Fsp3) is 0.214. The smallest absolute Gasteiger partial charge is 0.295 e. The molecule has 0 saturated carbocycles. The molecule has 1 amide bonds. The van der Waals surface area contributed by atoms with Crippen LogP contribution in [0.4, 0.5) is 5.69 Å². The van der Waals surface area contributed by atoms with Gasteiger partial charge in [-0.2, -0.15) is 0 Å². The molecule has 0 N–H and O–H groups in total. The Morgan fingerprint density at radius 3 is 2.49 bits per heavy atom. The molecule has 7 heteroatoms. The molecule has 0 fully saturated rings. The van der Waals surface area contributed by atoms with Crippen molar-refractivity contribution >= 4 is 54.4 Å². The lowest BCUT2D eigenvalue weighted by Crippen LogP contribution is -2.29. The number of nitrogens with zero attached hydrogens (tertiary/aromatic N) is 1. The number of benzene rings is 3. The van der Waals surface area contributed by atoms with E-state index in [1.165, 1.54) is 0 Å². The second-order valence-electron chi connectivity index (χ2n) is 8.50. The van der Waals surface area contributed by atoms with Crippen LogP contribution in [0.3, 0.4) is 0 Å². The van der Waals surface area contributed by atoms with Crippen molar-refractivity contribution in [2.24, 2.45) is 0 Å². The summed E-state index contributed by atoms with van der Waals surface area (Å²) in [6, 6.07) is 19.7. The number of ether oxygens (including phenoxy) is 1. The van der Waals surface area contributed by atoms with Crippen LogP contribution in [0.5, 0.6) is 5.75 Å². The van der Waals surface area contributed by atoms with Gasteiger partial charge in [0.2, 0.25) is 5.76 Å². The Balaban J connectivity index is 1.67. The second kappa shape index (κ2) is 9.99. The van der Waals surface area contributed by atoms with Gasteiger partial charge in [0, 0.05) is 14.6 Å². The molecule has 3 aromatic carbocycles. The summed E-state index contributed by atoms with van der Waals surface area (Å²) in [6.45, 7) is 2.77. The predicted octanol–water partition coefficient (Wildman–Crippen LogP) is 7.64. The molecule has 0 bridgehead atoms. The Bertz CT molecular complexity index is 1460. The van der Waals surface area contributed by atoms with E-state index in [2.05, 4.69) is 38.8 Å². The lowest BCUT2D eigenvalue weighted by molar-refractivity contribution is 0.0971. The largest absolute Gasteiger partial charge is 0.494 e. The zero-order valence-corrected chi connectivity index (χ0v) is 22.3. The van der Waals surface area contributed by atoms with Crippen LogP contribution in [0.15, 0.2) is 84.9 Å². The highest BCUT2D eigenvalue weighted by Gasteiger charge is 2.43. The van der Waals surface area contributed by atoms with Crippen LogP contribution in [0, 0.1) is 0 Å². The van der Waals surface area contributed by atoms with Crippen molar-refractivity contribution in [3.63, 3.8) is 0 Å². The zero-order chi connectivity index (χ0) is 24.5. The quantitative estimate of drug-likeness (QED) is 0.206. The molecule has 178 valence electrons. The number of halogens is 2. The highest BCUT2D eigenvalue weighted by Crippen LogP contribution is 2.42. The van der Waals surface area contributed by atoms with E-state index in [9.17, 15) is 9.59 Å². The van der Waals surface area contributed by atoms with Gasteiger partial charge >= 0.3 is 0 Å². The van der Waals surface area contributed by atoms with E-state index in [1.54, 1.807) is 23.1 Å². The van der Waals surface area contributed by atoms with Gasteiger partial charge < -0.3 is 9.15 Å². The van der Waals surface area contributed by atoms with Gasteiger partial charge in [0.25, 0.3) is 5.91 Å². The topological polar surface area (TPSA) is 59.8 Å². The molecule has 5 rings (SSSR count). The van der Waals surface area contributed by atoms with E-state index in [-0.39, 0.29) is 17.1 Å². The maximum Gasteiger partial charge on any atom is 0.295 e. The third-order valence-electron chi connectivity index (χ3n) is 6.13. The van der Waals surface area contributed by atoms with Crippen LogP contribution in [-0.2, 0) is 0 Å². The number of unbranched alkanes of at least 4 members (excludes halogenated alkanes) is 2. The normalized spacial score (nSPS) is 15.0. The minimum Gasteiger partial charge on any atom is -0.494 e. The Hall–Kier alpha value is -2.90. The summed E-state index contributed by atoms with van der Waals surface area (Å²) >= 11 is 6.90. The van der Waals surface area contributed by atoms with Crippen LogP contribution >= 0.6 is 31.9 Å². The molecule has 1 atom stereocenters. The van der Waals surface area contributed by atoms with E-state index in [0.29, 0.717) is 34.6 Å². The first kappa shape index (κ1) is 23.8. The first-order valence-electron chi connectivity index (χ1n) is 11.6. The number of hydrogen-bond donors (Lipinski definition) is 0. The maximum absolute atomic E-state index is 13.8. The first-order chi connectivity index (χ1) is 17.0. The number of carbonyl (C=O) groups excluding carboxylic acids is 1. The number of anilines is 1. The van der Waals surface area contributed by atoms with Crippen molar-refractivity contribution < 1.29 is 13.9 Å². The highest BCUT2D eigenvalue weighted by molar-refractivity contribution is 9.10. The second-order valence-corrected chi connectivity index (χ2v) is 10.3. The molecule has 35 heavy (non-hydrogen) atoms. The molecule has 0 radical (unpaired) electrons. The van der Waals surface area contributed by atoms with Crippen molar-refractivity contribution in [2.75, 3.05) is 11.5 Å². The molecule has 4 aromatic rings. The fourth-order valence-electron chi connectivity index (χ4n) is 4.44. The van der Waals surface area contributed by atoms with Crippen molar-refractivity contribution in [1.82, 2.24) is 0 Å². The first-order valence-corrected chi connectivity index (χ1v) is 13.1. The summed E-state index contributed by atoms with van der Waals surface area (Å²) in [4.78, 5) is 29.1. The lowest BCUT2D eigenvalue weighted by Gasteiger charge is -2.25. The van der Waals surface area contributed by atoms with Gasteiger partial charge in [0.15, 0.2) is 5.43 Å². The monoisotopic (exact) mass is 595 g/mol. The molecule has 0 saturated heterocycles. The van der Waals surface area contributed by atoms with E-state index in [0.717, 1.165) is 33.8 Å². The molecular formula is C28H23Br2NO4. The number of rotatable bonds is 7. The van der Waals surface area contributed by atoms with Gasteiger partial charge in [-0.25, -0.2) is 0 Å². The summed E-state index contributed by atoms with van der Waals surface area (Å²) < 4.78 is 13.7. The molecule has 0 aliphatic carbocycles. The SMILES string of the molecule is CCCCCOc1cccc(C2c3c(oc4ccc(Br)cc4c3=O)C(=O)N2c2ccc(Br)cc2)c1. The Labute approximate surface area is 220 Å². The van der Waals surface area contributed by atoms with E-state index < -0.39 is 6.04 Å². The molecule has 2 heterocycles. The molecule has 0 spiro atoms. The summed E-state index contributed by atoms with van der Waals surface area (Å²) in [7, 11) is 0. The Morgan fingerprint density at radius 2 is 1.71 bits per heavy atom. The van der Waals surface area contributed by atoms with Gasteiger partial charge in [-0.1, -0.05) is 63.8 Å². The zero-order valence-electron chi connectivity index (χ0n) is 19.1. The van der Waals surface area contributed by atoms with Crippen molar-refractivity contribution in [3.05, 3.63) is 103 Å². The standard InChI is InChI=1S/C28H23Br2NO4/c1-2-3-4-14-34-21-7-5-6-17(15-21)25-24-26(32)22-16-19(30)10-13-23(22)35-27(24)28(33)31(25)20-11-8-18(29)9-12-20/h5-13,15-16,25H,2-4,14H2,1H3. The minimum absolute atomic E-state index is 0.0759. The van der Waals surface area contributed by atoms with Crippen molar-refractivity contribution in [3.8, 4) is 5.75 Å². The number of fused-ring (bicyclic) bond motifs is 2. The highest BCUT2D eigenvalue weighted by atomic mass is 79.9. The number of hydrogen-bond acceptors (Lipinski definition) is 4. The van der Waals surface area contributed by atoms with Crippen molar-refractivity contribution in [1.29, 1.82) is 0 Å². The van der Waals surface area contributed by atoms with Crippen LogP contribution in [-0.4, -0.2) is 12.5 Å².